The van der Waals surface area contributed by atoms with Gasteiger partial charge < -0.3 is 19.2 Å². The molecule has 1 N–H and O–H groups in total. The second-order valence-corrected chi connectivity index (χ2v) is 9.90. The van der Waals surface area contributed by atoms with Gasteiger partial charge in [-0.05, 0) is 68.9 Å². The Bertz CT molecular complexity index is 1130. The molecule has 0 unspecified atom stereocenters. The highest BCUT2D eigenvalue weighted by Crippen LogP contribution is 2.45. The van der Waals surface area contributed by atoms with Gasteiger partial charge in [-0.15, -0.1) is 0 Å². The molecule has 2 heterocycles. The molecule has 30 heavy (non-hydrogen) atoms. The standard InChI is InChI=1S/C22H19I2NO5/c1-22(2)29-20(26)18(21(27)30-22)17(13-8-11(23)9-15(24)19(13)28-3)14-10-25-16-7-5-4-6-12(14)16/h4-10,17-18,25H,1-3H3/t17-/m1/s1. The molecule has 0 amide bonds. The van der Waals surface area contributed by atoms with E-state index in [2.05, 4.69) is 50.2 Å². The summed E-state index contributed by atoms with van der Waals surface area (Å²) in [4.78, 5) is 29.4. The van der Waals surface area contributed by atoms with Crippen LogP contribution in [0.5, 0.6) is 5.75 Å². The van der Waals surface area contributed by atoms with Crippen molar-refractivity contribution in [3.63, 3.8) is 0 Å². The maximum Gasteiger partial charge on any atom is 0.324 e. The normalized spacial score (nSPS) is 17.5. The summed E-state index contributed by atoms with van der Waals surface area (Å²) in [5.74, 6) is -3.68. The van der Waals surface area contributed by atoms with Gasteiger partial charge in [-0.25, -0.2) is 0 Å². The first-order chi connectivity index (χ1) is 14.2. The van der Waals surface area contributed by atoms with Crippen molar-refractivity contribution in [3.8, 4) is 5.75 Å². The first kappa shape index (κ1) is 21.4. The maximum absolute atomic E-state index is 13.1. The van der Waals surface area contributed by atoms with Crippen molar-refractivity contribution < 1.29 is 23.8 Å². The molecule has 2 aromatic carbocycles. The number of hydrogen-bond acceptors (Lipinski definition) is 5. The number of benzene rings is 2. The molecule has 0 spiro atoms. The van der Waals surface area contributed by atoms with Crippen LogP contribution in [0.25, 0.3) is 10.9 Å². The van der Waals surface area contributed by atoms with E-state index in [1.165, 1.54) is 0 Å². The quantitative estimate of drug-likeness (QED) is 0.250. The van der Waals surface area contributed by atoms with E-state index >= 15 is 0 Å². The van der Waals surface area contributed by atoms with Gasteiger partial charge in [0.25, 0.3) is 5.79 Å². The Hall–Kier alpha value is -1.82. The molecule has 1 saturated heterocycles. The third-order valence-electron chi connectivity index (χ3n) is 5.07. The Morgan fingerprint density at radius 3 is 2.40 bits per heavy atom. The number of carbonyl (C=O) groups excluding carboxylic acids is 2. The third-order valence-corrected chi connectivity index (χ3v) is 6.49. The second-order valence-electron chi connectivity index (χ2n) is 7.50. The van der Waals surface area contributed by atoms with Crippen LogP contribution in [0, 0.1) is 13.1 Å². The van der Waals surface area contributed by atoms with E-state index in [0.29, 0.717) is 5.75 Å². The summed E-state index contributed by atoms with van der Waals surface area (Å²) < 4.78 is 18.5. The summed E-state index contributed by atoms with van der Waals surface area (Å²) in [7, 11) is 1.58. The summed E-state index contributed by atoms with van der Waals surface area (Å²) in [5.41, 5.74) is 2.45. The lowest BCUT2D eigenvalue weighted by atomic mass is 9.79. The number of hydrogen-bond donors (Lipinski definition) is 1. The minimum atomic E-state index is -1.29. The fourth-order valence-electron chi connectivity index (χ4n) is 3.91. The Morgan fingerprint density at radius 1 is 1.07 bits per heavy atom. The number of para-hydroxylation sites is 1. The number of rotatable bonds is 4. The predicted molar refractivity (Wildman–Crippen MR) is 128 cm³/mol. The van der Waals surface area contributed by atoms with Crippen molar-refractivity contribution in [2.75, 3.05) is 7.11 Å². The van der Waals surface area contributed by atoms with Gasteiger partial charge >= 0.3 is 11.9 Å². The number of nitrogens with one attached hydrogen (secondary N) is 1. The van der Waals surface area contributed by atoms with Crippen LogP contribution in [0.3, 0.4) is 0 Å². The van der Waals surface area contributed by atoms with Crippen LogP contribution < -0.4 is 4.74 Å². The summed E-state index contributed by atoms with van der Waals surface area (Å²) in [6.07, 6.45) is 1.84. The molecule has 156 valence electrons. The first-order valence-corrected chi connectivity index (χ1v) is 11.4. The minimum Gasteiger partial charge on any atom is -0.495 e. The number of ether oxygens (including phenoxy) is 3. The van der Waals surface area contributed by atoms with E-state index in [0.717, 1.165) is 29.2 Å². The van der Waals surface area contributed by atoms with E-state index in [9.17, 15) is 9.59 Å². The van der Waals surface area contributed by atoms with Gasteiger partial charge in [0.05, 0.1) is 10.7 Å². The number of fused-ring (bicyclic) bond motifs is 1. The number of carbonyl (C=O) groups is 2. The molecular weight excluding hydrogens is 612 g/mol. The van der Waals surface area contributed by atoms with Crippen molar-refractivity contribution in [1.29, 1.82) is 0 Å². The smallest absolute Gasteiger partial charge is 0.324 e. The van der Waals surface area contributed by atoms with Gasteiger partial charge in [0.2, 0.25) is 0 Å². The fraction of sp³-hybridized carbons (Fsp3) is 0.273. The minimum absolute atomic E-state index is 0.609. The molecule has 1 aromatic heterocycles. The number of halogens is 2. The molecule has 1 fully saturated rings. The molecule has 4 rings (SSSR count). The monoisotopic (exact) mass is 631 g/mol. The van der Waals surface area contributed by atoms with Gasteiger partial charge in [-0.3, -0.25) is 9.59 Å². The van der Waals surface area contributed by atoms with Gasteiger partial charge in [0, 0.05) is 46.0 Å². The average molecular weight is 631 g/mol. The SMILES string of the molecule is COc1c(I)cc(I)cc1[C@H](c1c[nH]c2ccccc12)C1C(=O)OC(C)(C)OC1=O. The third kappa shape index (κ3) is 3.79. The zero-order valence-corrected chi connectivity index (χ0v) is 20.8. The van der Waals surface area contributed by atoms with Gasteiger partial charge in [0.1, 0.15) is 5.75 Å². The summed E-state index contributed by atoms with van der Waals surface area (Å²) in [6, 6.07) is 11.7. The van der Waals surface area contributed by atoms with Crippen LogP contribution in [0.4, 0.5) is 0 Å². The van der Waals surface area contributed by atoms with Gasteiger partial charge in [-0.1, -0.05) is 18.2 Å². The van der Waals surface area contributed by atoms with Crippen LogP contribution in [0.2, 0.25) is 0 Å². The van der Waals surface area contributed by atoms with Crippen LogP contribution in [-0.4, -0.2) is 29.8 Å². The molecule has 0 aliphatic carbocycles. The van der Waals surface area contributed by atoms with E-state index in [4.69, 9.17) is 14.2 Å². The lowest BCUT2D eigenvalue weighted by Gasteiger charge is -2.36. The molecule has 3 aromatic rings. The van der Waals surface area contributed by atoms with Crippen LogP contribution in [0.15, 0.2) is 42.6 Å². The Kier molecular flexibility index (Phi) is 5.73. The lowest BCUT2D eigenvalue weighted by molar-refractivity contribution is -0.240. The molecule has 0 radical (unpaired) electrons. The number of aromatic nitrogens is 1. The number of H-pyrrole nitrogens is 1. The summed E-state index contributed by atoms with van der Waals surface area (Å²) >= 11 is 4.42. The van der Waals surface area contributed by atoms with E-state index < -0.39 is 29.6 Å². The van der Waals surface area contributed by atoms with Crippen LogP contribution in [0.1, 0.15) is 30.9 Å². The Morgan fingerprint density at radius 2 is 1.73 bits per heavy atom. The number of aromatic amines is 1. The molecular formula is C22H19I2NO5. The van der Waals surface area contributed by atoms with Gasteiger partial charge in [-0.2, -0.15) is 0 Å². The number of esters is 2. The number of methoxy groups -OCH3 is 1. The largest absolute Gasteiger partial charge is 0.495 e. The topological polar surface area (TPSA) is 77.6 Å². The van der Waals surface area contributed by atoms with E-state index in [1.54, 1.807) is 21.0 Å². The Labute approximate surface area is 200 Å². The van der Waals surface area contributed by atoms with Crippen molar-refractivity contribution >= 4 is 68.0 Å². The molecule has 1 aliphatic heterocycles. The molecule has 6 nitrogen and oxygen atoms in total. The van der Waals surface area contributed by atoms with Crippen molar-refractivity contribution in [3.05, 3.63) is 60.9 Å². The van der Waals surface area contributed by atoms with Crippen LogP contribution >= 0.6 is 45.2 Å². The van der Waals surface area contributed by atoms with Crippen LogP contribution in [-0.2, 0) is 19.1 Å². The molecule has 1 atom stereocenters. The van der Waals surface area contributed by atoms with Gasteiger partial charge in [0.15, 0.2) is 5.92 Å². The molecule has 8 heteroatoms. The molecule has 0 saturated carbocycles. The zero-order chi connectivity index (χ0) is 21.6. The van der Waals surface area contributed by atoms with Crippen molar-refractivity contribution in [1.82, 2.24) is 4.98 Å². The Balaban J connectivity index is 1.98. The molecule has 1 aliphatic rings. The predicted octanol–water partition coefficient (Wildman–Crippen LogP) is 4.97. The molecule has 0 bridgehead atoms. The van der Waals surface area contributed by atoms with Crippen molar-refractivity contribution in [2.45, 2.75) is 25.6 Å². The zero-order valence-electron chi connectivity index (χ0n) is 16.5. The second kappa shape index (κ2) is 8.03. The van der Waals surface area contributed by atoms with E-state index in [1.807, 2.05) is 42.6 Å². The summed E-state index contributed by atoms with van der Waals surface area (Å²) in [5, 5.41) is 0.920. The fourth-order valence-corrected chi connectivity index (χ4v) is 6.02. The highest BCUT2D eigenvalue weighted by atomic mass is 127. The average Bonchev–Trinajstić information content (AvgIpc) is 3.07. The van der Waals surface area contributed by atoms with E-state index in [-0.39, 0.29) is 0 Å². The van der Waals surface area contributed by atoms with Crippen molar-refractivity contribution in [2.24, 2.45) is 5.92 Å². The number of cyclic esters (lactones) is 2. The highest BCUT2D eigenvalue weighted by molar-refractivity contribution is 14.1. The maximum atomic E-state index is 13.1. The summed E-state index contributed by atoms with van der Waals surface area (Å²) in [6.45, 7) is 3.10. The first-order valence-electron chi connectivity index (χ1n) is 9.26. The lowest BCUT2D eigenvalue weighted by Crippen LogP contribution is -2.48. The highest BCUT2D eigenvalue weighted by Gasteiger charge is 2.49.